The SMILES string of the molecule is CN(CNN)CC(C)(C)C. The summed E-state index contributed by atoms with van der Waals surface area (Å²) in [6.45, 7) is 8.43. The first-order valence-corrected chi connectivity index (χ1v) is 3.58. The summed E-state index contributed by atoms with van der Waals surface area (Å²) in [6.07, 6.45) is 0. The van der Waals surface area contributed by atoms with Gasteiger partial charge < -0.3 is 0 Å². The molecule has 0 unspecified atom stereocenters. The van der Waals surface area contributed by atoms with E-state index < -0.39 is 0 Å². The zero-order chi connectivity index (χ0) is 8.20. The van der Waals surface area contributed by atoms with E-state index in [-0.39, 0.29) is 0 Å². The Hall–Kier alpha value is -0.120. The van der Waals surface area contributed by atoms with Gasteiger partial charge in [-0.3, -0.25) is 10.7 Å². The highest BCUT2D eigenvalue weighted by atomic mass is 15.3. The Kier molecular flexibility index (Phi) is 3.86. The smallest absolute Gasteiger partial charge is 0.0610 e. The summed E-state index contributed by atoms with van der Waals surface area (Å²) in [5, 5.41) is 0. The van der Waals surface area contributed by atoms with Crippen LogP contribution in [-0.2, 0) is 0 Å². The molecule has 0 rings (SSSR count). The number of nitrogens with one attached hydrogen (secondary N) is 1. The Morgan fingerprint density at radius 1 is 1.40 bits per heavy atom. The van der Waals surface area contributed by atoms with Crippen molar-refractivity contribution in [2.75, 3.05) is 20.3 Å². The van der Waals surface area contributed by atoms with Gasteiger partial charge in [0, 0.05) is 6.54 Å². The molecule has 62 valence electrons. The molecule has 0 saturated heterocycles. The molecule has 0 aliphatic carbocycles. The summed E-state index contributed by atoms with van der Waals surface area (Å²) in [5.74, 6) is 5.16. The molecule has 0 bridgehead atoms. The minimum absolute atomic E-state index is 0.353. The topological polar surface area (TPSA) is 41.3 Å². The molecule has 0 atom stereocenters. The second-order valence-electron chi connectivity index (χ2n) is 3.94. The molecule has 10 heavy (non-hydrogen) atoms. The predicted octanol–water partition coefficient (Wildman–Crippen LogP) is 0.385. The van der Waals surface area contributed by atoms with Crippen LogP contribution in [0.1, 0.15) is 20.8 Å². The van der Waals surface area contributed by atoms with Crippen LogP contribution >= 0.6 is 0 Å². The summed E-state index contributed by atoms with van der Waals surface area (Å²) >= 11 is 0. The summed E-state index contributed by atoms with van der Waals surface area (Å²) in [6, 6.07) is 0. The highest BCUT2D eigenvalue weighted by Gasteiger charge is 2.12. The minimum atomic E-state index is 0.353. The van der Waals surface area contributed by atoms with Crippen molar-refractivity contribution in [3.63, 3.8) is 0 Å². The van der Waals surface area contributed by atoms with E-state index in [1.165, 1.54) is 0 Å². The molecule has 0 radical (unpaired) electrons. The molecule has 3 heteroatoms. The van der Waals surface area contributed by atoms with Crippen LogP contribution in [0.3, 0.4) is 0 Å². The number of rotatable bonds is 3. The largest absolute Gasteiger partial charge is 0.292 e. The van der Waals surface area contributed by atoms with Crippen LogP contribution in [0.5, 0.6) is 0 Å². The van der Waals surface area contributed by atoms with Gasteiger partial charge >= 0.3 is 0 Å². The van der Waals surface area contributed by atoms with Gasteiger partial charge in [0.05, 0.1) is 6.67 Å². The number of nitrogens with zero attached hydrogens (tertiary/aromatic N) is 1. The van der Waals surface area contributed by atoms with E-state index in [1.807, 2.05) is 7.05 Å². The van der Waals surface area contributed by atoms with Gasteiger partial charge in [0.2, 0.25) is 0 Å². The summed E-state index contributed by atoms with van der Waals surface area (Å²) in [5.41, 5.74) is 2.97. The Morgan fingerprint density at radius 2 is 1.90 bits per heavy atom. The lowest BCUT2D eigenvalue weighted by atomic mass is 9.96. The molecule has 0 amide bonds. The molecule has 0 aliphatic rings. The van der Waals surface area contributed by atoms with Gasteiger partial charge in [0.15, 0.2) is 0 Å². The third kappa shape index (κ3) is 6.01. The van der Waals surface area contributed by atoms with Gasteiger partial charge in [-0.15, -0.1) is 0 Å². The second-order valence-corrected chi connectivity index (χ2v) is 3.94. The van der Waals surface area contributed by atoms with E-state index in [0.29, 0.717) is 5.41 Å². The van der Waals surface area contributed by atoms with Crippen molar-refractivity contribution >= 4 is 0 Å². The zero-order valence-corrected chi connectivity index (χ0v) is 7.44. The molecule has 0 aromatic carbocycles. The van der Waals surface area contributed by atoms with Crippen LogP contribution in [0.15, 0.2) is 0 Å². The molecule has 0 saturated carbocycles. The van der Waals surface area contributed by atoms with Crippen LogP contribution in [-0.4, -0.2) is 25.2 Å². The van der Waals surface area contributed by atoms with E-state index in [1.54, 1.807) is 0 Å². The average molecular weight is 145 g/mol. The van der Waals surface area contributed by atoms with Gasteiger partial charge in [0.1, 0.15) is 0 Å². The van der Waals surface area contributed by atoms with E-state index in [4.69, 9.17) is 5.84 Å². The summed E-state index contributed by atoms with van der Waals surface area (Å²) < 4.78 is 0. The lowest BCUT2D eigenvalue weighted by Gasteiger charge is -2.25. The fraction of sp³-hybridized carbons (Fsp3) is 1.00. The molecule has 3 nitrogen and oxygen atoms in total. The van der Waals surface area contributed by atoms with Crippen LogP contribution in [0.2, 0.25) is 0 Å². The van der Waals surface area contributed by atoms with Crippen molar-refractivity contribution in [2.24, 2.45) is 11.3 Å². The van der Waals surface area contributed by atoms with Crippen LogP contribution in [0.4, 0.5) is 0 Å². The van der Waals surface area contributed by atoms with Gasteiger partial charge in [-0.2, -0.15) is 0 Å². The first-order valence-electron chi connectivity index (χ1n) is 3.58. The van der Waals surface area contributed by atoms with Crippen molar-refractivity contribution < 1.29 is 0 Å². The Bertz CT molecular complexity index is 85.3. The average Bonchev–Trinajstić information content (AvgIpc) is 1.59. The van der Waals surface area contributed by atoms with Gasteiger partial charge in [0.25, 0.3) is 0 Å². The maximum Gasteiger partial charge on any atom is 0.0610 e. The predicted molar refractivity (Wildman–Crippen MR) is 44.3 cm³/mol. The number of hydrogen-bond acceptors (Lipinski definition) is 3. The fourth-order valence-electron chi connectivity index (χ4n) is 1.02. The van der Waals surface area contributed by atoms with Crippen LogP contribution in [0.25, 0.3) is 0 Å². The molecular weight excluding hydrogens is 126 g/mol. The molecule has 0 fully saturated rings. The van der Waals surface area contributed by atoms with Crippen LogP contribution in [0, 0.1) is 5.41 Å². The molecular formula is C7H19N3. The third-order valence-corrected chi connectivity index (χ3v) is 1.11. The van der Waals surface area contributed by atoms with Crippen molar-refractivity contribution in [3.05, 3.63) is 0 Å². The maximum absolute atomic E-state index is 5.16. The van der Waals surface area contributed by atoms with Crippen molar-refractivity contribution in [1.82, 2.24) is 10.3 Å². The maximum atomic E-state index is 5.16. The first kappa shape index (κ1) is 9.88. The van der Waals surface area contributed by atoms with E-state index in [0.717, 1.165) is 13.2 Å². The Labute approximate surface area is 63.5 Å². The van der Waals surface area contributed by atoms with Crippen molar-refractivity contribution in [3.8, 4) is 0 Å². The molecule has 0 aliphatic heterocycles. The van der Waals surface area contributed by atoms with E-state index in [9.17, 15) is 0 Å². The summed E-state index contributed by atoms with van der Waals surface area (Å²) in [7, 11) is 2.05. The minimum Gasteiger partial charge on any atom is -0.292 e. The van der Waals surface area contributed by atoms with Crippen molar-refractivity contribution in [2.45, 2.75) is 20.8 Å². The van der Waals surface area contributed by atoms with E-state index >= 15 is 0 Å². The molecule has 0 heterocycles. The lowest BCUT2D eigenvalue weighted by Crippen LogP contribution is -2.39. The normalized spacial score (nSPS) is 12.6. The zero-order valence-electron chi connectivity index (χ0n) is 7.44. The lowest BCUT2D eigenvalue weighted by molar-refractivity contribution is 0.215. The first-order chi connectivity index (χ1) is 4.45. The highest BCUT2D eigenvalue weighted by Crippen LogP contribution is 2.13. The number of hydrogen-bond donors (Lipinski definition) is 2. The quantitative estimate of drug-likeness (QED) is 0.343. The molecule has 0 aromatic rings. The standard InChI is InChI=1S/C7H19N3/c1-7(2,3)5-10(4)6-9-8/h9H,5-6,8H2,1-4H3. The van der Waals surface area contributed by atoms with Gasteiger partial charge in [-0.1, -0.05) is 20.8 Å². The molecule has 3 N–H and O–H groups in total. The van der Waals surface area contributed by atoms with Gasteiger partial charge in [-0.05, 0) is 12.5 Å². The van der Waals surface area contributed by atoms with Crippen LogP contribution < -0.4 is 11.3 Å². The molecule has 0 spiro atoms. The number of nitrogens with two attached hydrogens (primary N) is 1. The van der Waals surface area contributed by atoms with Crippen molar-refractivity contribution in [1.29, 1.82) is 0 Å². The third-order valence-electron chi connectivity index (χ3n) is 1.11. The number of hydrazine groups is 1. The summed E-state index contributed by atoms with van der Waals surface area (Å²) in [4.78, 5) is 2.15. The van der Waals surface area contributed by atoms with E-state index in [2.05, 4.69) is 31.1 Å². The Morgan fingerprint density at radius 3 is 2.20 bits per heavy atom. The fourth-order valence-corrected chi connectivity index (χ4v) is 1.02. The Balaban J connectivity index is 3.47. The monoisotopic (exact) mass is 145 g/mol. The highest BCUT2D eigenvalue weighted by molar-refractivity contribution is 4.64. The van der Waals surface area contributed by atoms with Gasteiger partial charge in [-0.25, -0.2) is 5.43 Å². The molecule has 0 aromatic heterocycles. The second kappa shape index (κ2) is 3.91.